The lowest BCUT2D eigenvalue weighted by atomic mass is 9.87. The molecule has 0 radical (unpaired) electrons. The molecule has 12 rings (SSSR count). The highest BCUT2D eigenvalue weighted by Crippen LogP contribution is 2.50. The molecule has 0 amide bonds. The summed E-state index contributed by atoms with van der Waals surface area (Å²) in [5.41, 5.74) is 16.3. The standard InChI is InChI=1S/C62H42N2/c1-4-19-44(20-5-1)50-26-12-15-31-56(50)62-52(45-21-6-2-7-22-45)32-18-34-60(62)64(61-42-47-23-10-11-27-51(47)53-28-13-14-29-54(53)61)49-38-35-43(36-39-49)46-37-40-59-57(41-46)55-30-16-17-33-58(55)63(59)48-24-8-3-9-25-48/h1-42H. The van der Waals surface area contributed by atoms with E-state index in [0.717, 1.165) is 28.3 Å². The van der Waals surface area contributed by atoms with E-state index >= 15 is 0 Å². The molecule has 0 spiro atoms. The largest absolute Gasteiger partial charge is 0.309 e. The van der Waals surface area contributed by atoms with Crippen LogP contribution in [0.1, 0.15) is 0 Å². The number of fused-ring (bicyclic) bond motifs is 6. The zero-order chi connectivity index (χ0) is 42.4. The zero-order valence-electron chi connectivity index (χ0n) is 35.1. The highest BCUT2D eigenvalue weighted by Gasteiger charge is 2.25. The number of benzene rings is 11. The first kappa shape index (κ1) is 37.3. The summed E-state index contributed by atoms with van der Waals surface area (Å²) < 4.78 is 2.38. The molecular weight excluding hydrogens is 773 g/mol. The van der Waals surface area contributed by atoms with Gasteiger partial charge in [0.1, 0.15) is 0 Å². The predicted octanol–water partition coefficient (Wildman–Crippen LogP) is 17.2. The Morgan fingerprint density at radius 2 is 0.828 bits per heavy atom. The summed E-state index contributed by atoms with van der Waals surface area (Å²) >= 11 is 0. The first-order chi connectivity index (χ1) is 31.8. The third-order valence-electron chi connectivity index (χ3n) is 12.8. The van der Waals surface area contributed by atoms with Crippen LogP contribution in [0.3, 0.4) is 0 Å². The van der Waals surface area contributed by atoms with Crippen molar-refractivity contribution in [3.8, 4) is 50.2 Å². The van der Waals surface area contributed by atoms with E-state index in [-0.39, 0.29) is 0 Å². The smallest absolute Gasteiger partial charge is 0.0546 e. The highest BCUT2D eigenvalue weighted by atomic mass is 15.1. The fraction of sp³-hybridized carbons (Fsp3) is 0. The number of nitrogens with zero attached hydrogens (tertiary/aromatic N) is 2. The van der Waals surface area contributed by atoms with Gasteiger partial charge in [0.2, 0.25) is 0 Å². The monoisotopic (exact) mass is 814 g/mol. The van der Waals surface area contributed by atoms with Gasteiger partial charge < -0.3 is 9.47 Å². The third kappa shape index (κ3) is 6.35. The van der Waals surface area contributed by atoms with Crippen molar-refractivity contribution in [1.82, 2.24) is 4.57 Å². The molecule has 0 unspecified atom stereocenters. The van der Waals surface area contributed by atoms with Gasteiger partial charge in [-0.3, -0.25) is 0 Å². The molecule has 2 nitrogen and oxygen atoms in total. The van der Waals surface area contributed by atoms with Crippen LogP contribution >= 0.6 is 0 Å². The Balaban J connectivity index is 1.09. The average Bonchev–Trinajstić information content (AvgIpc) is 3.71. The summed E-state index contributed by atoms with van der Waals surface area (Å²) in [7, 11) is 0. The molecule has 64 heavy (non-hydrogen) atoms. The molecule has 0 aliphatic heterocycles. The van der Waals surface area contributed by atoms with E-state index in [0.29, 0.717) is 0 Å². The van der Waals surface area contributed by atoms with Gasteiger partial charge in [-0.2, -0.15) is 0 Å². The van der Waals surface area contributed by atoms with E-state index in [1.54, 1.807) is 0 Å². The minimum absolute atomic E-state index is 1.08. The molecule has 2 heteroatoms. The van der Waals surface area contributed by atoms with Gasteiger partial charge in [-0.15, -0.1) is 0 Å². The minimum atomic E-state index is 1.08. The second kappa shape index (κ2) is 15.8. The Kier molecular flexibility index (Phi) is 9.20. The van der Waals surface area contributed by atoms with Crippen molar-refractivity contribution in [2.24, 2.45) is 0 Å². The number of hydrogen-bond acceptors (Lipinski definition) is 1. The predicted molar refractivity (Wildman–Crippen MR) is 272 cm³/mol. The summed E-state index contributed by atoms with van der Waals surface area (Å²) in [5.74, 6) is 0. The molecule has 0 aliphatic rings. The van der Waals surface area contributed by atoms with Crippen molar-refractivity contribution in [2.45, 2.75) is 0 Å². The number of rotatable bonds is 8. The Morgan fingerprint density at radius 1 is 0.281 bits per heavy atom. The molecule has 300 valence electrons. The van der Waals surface area contributed by atoms with Crippen LogP contribution in [0.2, 0.25) is 0 Å². The maximum atomic E-state index is 2.50. The van der Waals surface area contributed by atoms with E-state index < -0.39 is 0 Å². The van der Waals surface area contributed by atoms with Crippen LogP contribution in [0, 0.1) is 0 Å². The Hall–Kier alpha value is -8.46. The SMILES string of the molecule is c1ccc(-c2ccccc2-c2c(-c3ccccc3)cccc2N(c2ccc(-c3ccc4c(c3)c3ccccc3n4-c3ccccc3)cc2)c2cc3ccccc3c3ccccc23)cc1. The van der Waals surface area contributed by atoms with E-state index in [1.807, 2.05) is 0 Å². The maximum absolute atomic E-state index is 2.50. The molecule has 12 aromatic rings. The van der Waals surface area contributed by atoms with Gasteiger partial charge in [0.25, 0.3) is 0 Å². The molecule has 0 fully saturated rings. The molecule has 1 heterocycles. The summed E-state index contributed by atoms with van der Waals surface area (Å²) in [6, 6.07) is 92.8. The van der Waals surface area contributed by atoms with Crippen molar-refractivity contribution >= 4 is 60.4 Å². The molecule has 1 aromatic heterocycles. The summed E-state index contributed by atoms with van der Waals surface area (Å²) in [5, 5.41) is 7.35. The molecule has 0 atom stereocenters. The van der Waals surface area contributed by atoms with Crippen molar-refractivity contribution in [2.75, 3.05) is 4.90 Å². The van der Waals surface area contributed by atoms with Crippen LogP contribution in [-0.4, -0.2) is 4.57 Å². The topological polar surface area (TPSA) is 8.17 Å². The summed E-state index contributed by atoms with van der Waals surface area (Å²) in [4.78, 5) is 2.50. The zero-order valence-corrected chi connectivity index (χ0v) is 35.1. The number of hydrogen-bond donors (Lipinski definition) is 0. The van der Waals surface area contributed by atoms with Crippen molar-refractivity contribution in [3.63, 3.8) is 0 Å². The number of aromatic nitrogens is 1. The average molecular weight is 815 g/mol. The van der Waals surface area contributed by atoms with Crippen LogP contribution in [0.4, 0.5) is 17.1 Å². The fourth-order valence-electron chi connectivity index (χ4n) is 9.88. The quantitative estimate of drug-likeness (QED) is 0.139. The van der Waals surface area contributed by atoms with Crippen LogP contribution in [0.25, 0.3) is 93.5 Å². The molecular formula is C62H42N2. The first-order valence-electron chi connectivity index (χ1n) is 22.0. The minimum Gasteiger partial charge on any atom is -0.309 e. The van der Waals surface area contributed by atoms with Gasteiger partial charge in [-0.05, 0) is 110 Å². The number of para-hydroxylation sites is 2. The lowest BCUT2D eigenvalue weighted by Crippen LogP contribution is -2.12. The van der Waals surface area contributed by atoms with Gasteiger partial charge in [-0.1, -0.05) is 200 Å². The van der Waals surface area contributed by atoms with Gasteiger partial charge in [-0.25, -0.2) is 0 Å². The highest BCUT2D eigenvalue weighted by molar-refractivity contribution is 6.16. The second-order valence-electron chi connectivity index (χ2n) is 16.4. The molecule has 0 saturated heterocycles. The van der Waals surface area contributed by atoms with Crippen molar-refractivity contribution in [3.05, 3.63) is 255 Å². The number of anilines is 3. The molecule has 0 saturated carbocycles. The first-order valence-corrected chi connectivity index (χ1v) is 22.0. The van der Waals surface area contributed by atoms with E-state index in [2.05, 4.69) is 264 Å². The Morgan fingerprint density at radius 3 is 1.58 bits per heavy atom. The lowest BCUT2D eigenvalue weighted by Gasteiger charge is -2.31. The molecule has 0 N–H and O–H groups in total. The lowest BCUT2D eigenvalue weighted by molar-refractivity contribution is 1.18. The van der Waals surface area contributed by atoms with Crippen molar-refractivity contribution in [1.29, 1.82) is 0 Å². The van der Waals surface area contributed by atoms with E-state index in [9.17, 15) is 0 Å². The summed E-state index contributed by atoms with van der Waals surface area (Å²) in [6.45, 7) is 0. The van der Waals surface area contributed by atoms with E-state index in [1.165, 1.54) is 82.3 Å². The third-order valence-corrected chi connectivity index (χ3v) is 12.8. The molecule has 0 bridgehead atoms. The molecule has 11 aromatic carbocycles. The Bertz CT molecular complexity index is 3640. The van der Waals surface area contributed by atoms with Gasteiger partial charge in [0.05, 0.1) is 22.4 Å². The molecule has 0 aliphatic carbocycles. The van der Waals surface area contributed by atoms with Gasteiger partial charge in [0.15, 0.2) is 0 Å². The van der Waals surface area contributed by atoms with Crippen LogP contribution < -0.4 is 4.90 Å². The van der Waals surface area contributed by atoms with E-state index in [4.69, 9.17) is 0 Å². The summed E-state index contributed by atoms with van der Waals surface area (Å²) in [6.07, 6.45) is 0. The van der Waals surface area contributed by atoms with Gasteiger partial charge >= 0.3 is 0 Å². The van der Waals surface area contributed by atoms with Gasteiger partial charge in [0, 0.05) is 33.1 Å². The Labute approximate surface area is 373 Å². The van der Waals surface area contributed by atoms with Crippen LogP contribution in [0.5, 0.6) is 0 Å². The second-order valence-corrected chi connectivity index (χ2v) is 16.4. The van der Waals surface area contributed by atoms with Crippen LogP contribution in [-0.2, 0) is 0 Å². The fourth-order valence-corrected chi connectivity index (χ4v) is 9.88. The normalized spacial score (nSPS) is 11.4. The van der Waals surface area contributed by atoms with Crippen LogP contribution in [0.15, 0.2) is 255 Å². The maximum Gasteiger partial charge on any atom is 0.0546 e. The van der Waals surface area contributed by atoms with Crippen molar-refractivity contribution < 1.29 is 0 Å².